The van der Waals surface area contributed by atoms with Gasteiger partial charge in [-0.05, 0) is 24.1 Å². The summed E-state index contributed by atoms with van der Waals surface area (Å²) in [5.41, 5.74) is 1.14. The molecule has 0 unspecified atom stereocenters. The number of rotatable bonds is 0. The molecule has 1 nitrogen and oxygen atoms in total. The molecule has 1 heterocycles. The van der Waals surface area contributed by atoms with E-state index in [0.29, 0.717) is 5.69 Å². The summed E-state index contributed by atoms with van der Waals surface area (Å²) in [6.07, 6.45) is -3.40. The molecule has 0 atom stereocenters. The van der Waals surface area contributed by atoms with Gasteiger partial charge in [-0.15, -0.1) is 0 Å². The van der Waals surface area contributed by atoms with Crippen LogP contribution in [0.15, 0.2) is 18.2 Å². The molecule has 0 aliphatic carbocycles. The second kappa shape index (κ2) is 2.90. The number of alkyl halides is 3. The van der Waals surface area contributed by atoms with Crippen LogP contribution in [0.25, 0.3) is 0 Å². The van der Waals surface area contributed by atoms with Gasteiger partial charge in [0.2, 0.25) is 0 Å². The molecule has 0 spiro atoms. The van der Waals surface area contributed by atoms with Crippen molar-refractivity contribution >= 4 is 5.69 Å². The predicted molar refractivity (Wildman–Crippen MR) is 48.4 cm³/mol. The van der Waals surface area contributed by atoms with E-state index in [1.165, 1.54) is 6.07 Å². The van der Waals surface area contributed by atoms with Crippen molar-refractivity contribution in [3.8, 4) is 0 Å². The Labute approximate surface area is 80.1 Å². The van der Waals surface area contributed by atoms with E-state index in [-0.39, 0.29) is 0 Å². The molecule has 0 saturated heterocycles. The Hall–Kier alpha value is -1.19. The van der Waals surface area contributed by atoms with Crippen molar-refractivity contribution in [3.05, 3.63) is 29.3 Å². The summed E-state index contributed by atoms with van der Waals surface area (Å²) in [5, 5.41) is 0. The lowest BCUT2D eigenvalue weighted by atomic mass is 10.1. The molecule has 1 aromatic rings. The number of hydrogen-bond acceptors (Lipinski definition) is 1. The summed E-state index contributed by atoms with van der Waals surface area (Å²) >= 11 is 0. The normalized spacial score (nSPS) is 15.9. The van der Waals surface area contributed by atoms with Gasteiger partial charge < -0.3 is 4.90 Å². The first-order valence-electron chi connectivity index (χ1n) is 4.40. The summed E-state index contributed by atoms with van der Waals surface area (Å²) in [5.74, 6) is 0. The molecule has 0 radical (unpaired) electrons. The van der Waals surface area contributed by atoms with Gasteiger partial charge in [-0.25, -0.2) is 0 Å². The lowest BCUT2D eigenvalue weighted by Crippen LogP contribution is -2.13. The number of likely N-dealkylation sites (N-methyl/N-ethyl adjacent to an activating group) is 1. The number of fused-ring (bicyclic) bond motifs is 1. The molecule has 0 bridgehead atoms. The van der Waals surface area contributed by atoms with Gasteiger partial charge in [0.15, 0.2) is 0 Å². The van der Waals surface area contributed by atoms with Crippen molar-refractivity contribution < 1.29 is 13.2 Å². The van der Waals surface area contributed by atoms with Gasteiger partial charge in [-0.2, -0.15) is 13.2 Å². The van der Waals surface area contributed by atoms with Gasteiger partial charge in [0.25, 0.3) is 0 Å². The molecule has 1 aliphatic heterocycles. The maximum absolute atomic E-state index is 12.4. The zero-order chi connectivity index (χ0) is 10.3. The molecule has 14 heavy (non-hydrogen) atoms. The molecule has 0 fully saturated rings. The fourth-order valence-corrected chi connectivity index (χ4v) is 1.72. The highest BCUT2D eigenvalue weighted by Gasteiger charge is 2.32. The molecular formula is C10H10F3N. The highest BCUT2D eigenvalue weighted by atomic mass is 19.4. The molecule has 1 aromatic carbocycles. The van der Waals surface area contributed by atoms with E-state index >= 15 is 0 Å². The summed E-state index contributed by atoms with van der Waals surface area (Å²) in [6.45, 7) is 0.802. The standard InChI is InChI=1S/C10H10F3N/c1-14-5-4-7-2-3-8(6-9(7)14)10(11,12)13/h2-3,6H,4-5H2,1H3. The minimum atomic E-state index is -4.24. The lowest BCUT2D eigenvalue weighted by Gasteiger charge is -2.14. The Kier molecular flexibility index (Phi) is 1.94. The summed E-state index contributed by atoms with van der Waals surface area (Å²) in [7, 11) is 1.81. The molecule has 0 saturated carbocycles. The average Bonchev–Trinajstić information content (AvgIpc) is 2.46. The zero-order valence-electron chi connectivity index (χ0n) is 7.73. The largest absolute Gasteiger partial charge is 0.416 e. The molecule has 2 rings (SSSR count). The molecule has 1 aliphatic rings. The Bertz CT molecular complexity index is 357. The quantitative estimate of drug-likeness (QED) is 0.623. The lowest BCUT2D eigenvalue weighted by molar-refractivity contribution is -0.137. The van der Waals surface area contributed by atoms with Crippen LogP contribution in [0, 0.1) is 0 Å². The summed E-state index contributed by atoms with van der Waals surface area (Å²) in [6, 6.07) is 3.95. The SMILES string of the molecule is CN1CCc2ccc(C(F)(F)F)cc21. The minimum Gasteiger partial charge on any atom is -0.374 e. The minimum absolute atomic E-state index is 0.565. The second-order valence-corrected chi connectivity index (χ2v) is 3.51. The predicted octanol–water partition coefficient (Wildman–Crippen LogP) is 2.70. The van der Waals surface area contributed by atoms with Gasteiger partial charge >= 0.3 is 6.18 Å². The molecule has 4 heteroatoms. The van der Waals surface area contributed by atoms with Crippen molar-refractivity contribution in [2.45, 2.75) is 12.6 Å². The van der Waals surface area contributed by atoms with E-state index in [1.54, 1.807) is 6.07 Å². The van der Waals surface area contributed by atoms with Crippen LogP contribution in [-0.2, 0) is 12.6 Å². The third-order valence-electron chi connectivity index (χ3n) is 2.54. The van der Waals surface area contributed by atoms with E-state index < -0.39 is 11.7 Å². The average molecular weight is 201 g/mol. The maximum atomic E-state index is 12.4. The third kappa shape index (κ3) is 1.45. The van der Waals surface area contributed by atoms with Crippen LogP contribution in [0.4, 0.5) is 18.9 Å². The maximum Gasteiger partial charge on any atom is 0.416 e. The van der Waals surface area contributed by atoms with E-state index in [9.17, 15) is 13.2 Å². The summed E-state index contributed by atoms with van der Waals surface area (Å²) < 4.78 is 37.1. The molecule has 0 aromatic heterocycles. The van der Waals surface area contributed by atoms with Crippen molar-refractivity contribution in [2.24, 2.45) is 0 Å². The second-order valence-electron chi connectivity index (χ2n) is 3.51. The number of anilines is 1. The molecule has 0 amide bonds. The highest BCUT2D eigenvalue weighted by Crippen LogP contribution is 2.35. The zero-order valence-corrected chi connectivity index (χ0v) is 7.73. The van der Waals surface area contributed by atoms with Crippen LogP contribution in [0.2, 0.25) is 0 Å². The molecule has 76 valence electrons. The van der Waals surface area contributed by atoms with Crippen molar-refractivity contribution in [2.75, 3.05) is 18.5 Å². The van der Waals surface area contributed by atoms with Gasteiger partial charge in [-0.1, -0.05) is 6.07 Å². The van der Waals surface area contributed by atoms with Crippen LogP contribution in [0.3, 0.4) is 0 Å². The van der Waals surface area contributed by atoms with E-state index in [2.05, 4.69) is 0 Å². The summed E-state index contributed by atoms with van der Waals surface area (Å²) in [4.78, 5) is 1.85. The Morgan fingerprint density at radius 2 is 2.00 bits per heavy atom. The first-order valence-corrected chi connectivity index (χ1v) is 4.40. The first-order chi connectivity index (χ1) is 6.48. The van der Waals surface area contributed by atoms with Crippen molar-refractivity contribution in [1.29, 1.82) is 0 Å². The van der Waals surface area contributed by atoms with Crippen LogP contribution < -0.4 is 4.90 Å². The van der Waals surface area contributed by atoms with Gasteiger partial charge in [0.05, 0.1) is 5.56 Å². The molecule has 0 N–H and O–H groups in total. The van der Waals surface area contributed by atoms with Gasteiger partial charge in [0, 0.05) is 19.3 Å². The van der Waals surface area contributed by atoms with Crippen LogP contribution in [0.1, 0.15) is 11.1 Å². The smallest absolute Gasteiger partial charge is 0.374 e. The van der Waals surface area contributed by atoms with Gasteiger partial charge in [0.1, 0.15) is 0 Å². The Balaban J connectivity index is 2.45. The van der Waals surface area contributed by atoms with E-state index in [0.717, 1.165) is 24.6 Å². The highest BCUT2D eigenvalue weighted by molar-refractivity contribution is 5.59. The monoisotopic (exact) mass is 201 g/mol. The number of hydrogen-bond donors (Lipinski definition) is 0. The Morgan fingerprint density at radius 3 is 2.64 bits per heavy atom. The third-order valence-corrected chi connectivity index (χ3v) is 2.54. The van der Waals surface area contributed by atoms with Crippen molar-refractivity contribution in [3.63, 3.8) is 0 Å². The van der Waals surface area contributed by atoms with E-state index in [1.807, 2.05) is 11.9 Å². The first kappa shape index (κ1) is 9.37. The fourth-order valence-electron chi connectivity index (χ4n) is 1.72. The van der Waals surface area contributed by atoms with Crippen LogP contribution in [-0.4, -0.2) is 13.6 Å². The van der Waals surface area contributed by atoms with Crippen LogP contribution in [0.5, 0.6) is 0 Å². The Morgan fingerprint density at radius 1 is 1.29 bits per heavy atom. The molecular weight excluding hydrogens is 191 g/mol. The number of nitrogens with zero attached hydrogens (tertiary/aromatic N) is 1. The van der Waals surface area contributed by atoms with E-state index in [4.69, 9.17) is 0 Å². The van der Waals surface area contributed by atoms with Crippen LogP contribution >= 0.6 is 0 Å². The fraction of sp³-hybridized carbons (Fsp3) is 0.400. The van der Waals surface area contributed by atoms with Crippen molar-refractivity contribution in [1.82, 2.24) is 0 Å². The number of benzene rings is 1. The topological polar surface area (TPSA) is 3.24 Å². The van der Waals surface area contributed by atoms with Gasteiger partial charge in [-0.3, -0.25) is 0 Å². The number of halogens is 3.